The molecule has 0 spiro atoms. The number of phenols is 3. The van der Waals surface area contributed by atoms with Crippen molar-refractivity contribution in [2.75, 3.05) is 39.3 Å². The van der Waals surface area contributed by atoms with Crippen LogP contribution in [0.15, 0.2) is 41.4 Å². The van der Waals surface area contributed by atoms with Crippen LogP contribution in [0.1, 0.15) is 0 Å². The van der Waals surface area contributed by atoms with Crippen molar-refractivity contribution < 1.29 is 24.9 Å². The van der Waals surface area contributed by atoms with E-state index in [0.717, 1.165) is 39.3 Å². The third-order valence-corrected chi connectivity index (χ3v) is 4.48. The second-order valence-corrected chi connectivity index (χ2v) is 6.53. The molecule has 8 heteroatoms. The number of nitrogens with zero attached hydrogens (tertiary/aromatic N) is 3. The average Bonchev–Trinajstić information content (AvgIpc) is 3.48. The number of carbonyl (C=O) groups is 2. The number of allylic oxidation sites excluding steroid dienone is 1. The molecule has 4 aliphatic rings. The zero-order valence-electron chi connectivity index (χ0n) is 14.1. The number of ketones is 2. The summed E-state index contributed by atoms with van der Waals surface area (Å²) in [7, 11) is 0. The summed E-state index contributed by atoms with van der Waals surface area (Å²) in [5.41, 5.74) is 1.89. The lowest BCUT2D eigenvalue weighted by Gasteiger charge is -2.21. The highest BCUT2D eigenvalue weighted by Gasteiger charge is 2.43. The summed E-state index contributed by atoms with van der Waals surface area (Å²) in [6.07, 6.45) is 1.52. The first-order valence-corrected chi connectivity index (χ1v) is 8.47. The largest absolute Gasteiger partial charge is 0.504 e. The predicted octanol–water partition coefficient (Wildman–Crippen LogP) is -0.0161. The molecule has 136 valence electrons. The van der Waals surface area contributed by atoms with Crippen molar-refractivity contribution in [2.45, 2.75) is 0 Å². The van der Waals surface area contributed by atoms with Crippen LogP contribution in [-0.4, -0.2) is 80.9 Å². The van der Waals surface area contributed by atoms with Crippen LogP contribution in [0, 0.1) is 0 Å². The molecule has 0 atom stereocenters. The van der Waals surface area contributed by atoms with Crippen molar-refractivity contribution in [3.8, 4) is 17.2 Å². The highest BCUT2D eigenvalue weighted by atomic mass is 16.3. The molecule has 3 fully saturated rings. The van der Waals surface area contributed by atoms with Gasteiger partial charge < -0.3 is 30.0 Å². The summed E-state index contributed by atoms with van der Waals surface area (Å²) < 4.78 is 0. The monoisotopic (exact) mass is 357 g/mol. The standard InChI is InChI=1S/C12H13N3O2.C6H6O3/c16-9-7-8(13-1-2-13)12(17)11(15-5-6-15)10(9)14-3-4-14;7-4-2-1-3-5(8)6(4)9/h7H,1-6H2;1-3,7-9H. The first-order chi connectivity index (χ1) is 12.5. The molecule has 1 aliphatic carbocycles. The van der Waals surface area contributed by atoms with Gasteiger partial charge in [-0.15, -0.1) is 0 Å². The van der Waals surface area contributed by atoms with E-state index in [1.165, 1.54) is 24.3 Å². The Morgan fingerprint density at radius 1 is 0.731 bits per heavy atom. The molecule has 0 aromatic heterocycles. The minimum absolute atomic E-state index is 0.00546. The highest BCUT2D eigenvalue weighted by molar-refractivity contribution is 6.22. The van der Waals surface area contributed by atoms with Crippen LogP contribution < -0.4 is 0 Å². The quantitative estimate of drug-likeness (QED) is 0.394. The molecule has 1 aromatic rings. The molecule has 3 aliphatic heterocycles. The van der Waals surface area contributed by atoms with E-state index in [-0.39, 0.29) is 23.1 Å². The molecule has 0 amide bonds. The predicted molar refractivity (Wildman–Crippen MR) is 91.3 cm³/mol. The summed E-state index contributed by atoms with van der Waals surface area (Å²) >= 11 is 0. The number of aromatic hydroxyl groups is 3. The molecule has 3 heterocycles. The van der Waals surface area contributed by atoms with Crippen LogP contribution >= 0.6 is 0 Å². The van der Waals surface area contributed by atoms with E-state index >= 15 is 0 Å². The van der Waals surface area contributed by atoms with E-state index in [4.69, 9.17) is 15.3 Å². The smallest absolute Gasteiger partial charge is 0.227 e. The lowest BCUT2D eigenvalue weighted by molar-refractivity contribution is -0.117. The van der Waals surface area contributed by atoms with Crippen LogP contribution in [0.3, 0.4) is 0 Å². The fraction of sp³-hybridized carbons (Fsp3) is 0.333. The number of phenolic OH excluding ortho intramolecular Hbond substituents is 3. The fourth-order valence-corrected chi connectivity index (χ4v) is 2.80. The lowest BCUT2D eigenvalue weighted by Crippen LogP contribution is -2.29. The van der Waals surface area contributed by atoms with Gasteiger partial charge >= 0.3 is 0 Å². The van der Waals surface area contributed by atoms with E-state index in [9.17, 15) is 9.59 Å². The lowest BCUT2D eigenvalue weighted by atomic mass is 10.0. The van der Waals surface area contributed by atoms with E-state index in [1.54, 1.807) is 0 Å². The number of carbonyl (C=O) groups excluding carboxylic acids is 2. The molecule has 0 radical (unpaired) electrons. The summed E-state index contributed by atoms with van der Waals surface area (Å²) in [4.78, 5) is 30.5. The number of rotatable bonds is 3. The van der Waals surface area contributed by atoms with Gasteiger partial charge in [0.05, 0.1) is 5.70 Å². The van der Waals surface area contributed by atoms with Crippen molar-refractivity contribution in [2.24, 2.45) is 0 Å². The molecular formula is C18H19N3O5. The number of benzene rings is 1. The molecule has 0 saturated carbocycles. The van der Waals surface area contributed by atoms with Gasteiger partial charge in [-0.1, -0.05) is 6.07 Å². The van der Waals surface area contributed by atoms with Gasteiger partial charge in [-0.3, -0.25) is 9.59 Å². The molecule has 8 nitrogen and oxygen atoms in total. The Labute approximate surface area is 149 Å². The van der Waals surface area contributed by atoms with Crippen LogP contribution in [0.2, 0.25) is 0 Å². The van der Waals surface area contributed by atoms with Crippen molar-refractivity contribution in [1.29, 1.82) is 0 Å². The zero-order valence-corrected chi connectivity index (χ0v) is 14.1. The summed E-state index contributed by atoms with van der Waals surface area (Å²) in [6, 6.07) is 4.01. The first kappa shape index (κ1) is 16.3. The van der Waals surface area contributed by atoms with Gasteiger partial charge in [0.1, 0.15) is 11.4 Å². The molecule has 1 aromatic carbocycles. The van der Waals surface area contributed by atoms with Crippen LogP contribution in [-0.2, 0) is 9.59 Å². The SMILES string of the molecule is O=C1C=C(N2CC2)C(=O)C(N2CC2)=C1N1CC1.Oc1cccc(O)c1O. The molecular weight excluding hydrogens is 338 g/mol. The van der Waals surface area contributed by atoms with Crippen molar-refractivity contribution in [1.82, 2.24) is 14.7 Å². The van der Waals surface area contributed by atoms with Gasteiger partial charge in [0, 0.05) is 45.3 Å². The molecule has 26 heavy (non-hydrogen) atoms. The molecule has 3 saturated heterocycles. The van der Waals surface area contributed by atoms with Crippen LogP contribution in [0.25, 0.3) is 0 Å². The zero-order chi connectivity index (χ0) is 18.4. The van der Waals surface area contributed by atoms with E-state index in [2.05, 4.69) is 0 Å². The van der Waals surface area contributed by atoms with Crippen molar-refractivity contribution in [3.05, 3.63) is 41.4 Å². The second kappa shape index (κ2) is 5.98. The molecule has 0 bridgehead atoms. The highest BCUT2D eigenvalue weighted by Crippen LogP contribution is 2.34. The van der Waals surface area contributed by atoms with E-state index in [0.29, 0.717) is 17.1 Å². The van der Waals surface area contributed by atoms with Gasteiger partial charge in [-0.2, -0.15) is 0 Å². The third kappa shape index (κ3) is 3.05. The Morgan fingerprint density at radius 3 is 1.69 bits per heavy atom. The Balaban J connectivity index is 0.000000160. The third-order valence-electron chi connectivity index (χ3n) is 4.48. The van der Waals surface area contributed by atoms with E-state index < -0.39 is 5.75 Å². The summed E-state index contributed by atoms with van der Waals surface area (Å²) in [5, 5.41) is 26.1. The molecule has 0 unspecified atom stereocenters. The number of hydrogen-bond acceptors (Lipinski definition) is 8. The fourth-order valence-electron chi connectivity index (χ4n) is 2.80. The average molecular weight is 357 g/mol. The minimum Gasteiger partial charge on any atom is -0.504 e. The number of Topliss-reactive ketones (excluding diaryl/α,β-unsaturated/α-hetero) is 1. The van der Waals surface area contributed by atoms with Gasteiger partial charge in [-0.05, 0) is 12.1 Å². The molecule has 5 rings (SSSR count). The van der Waals surface area contributed by atoms with Gasteiger partial charge in [0.25, 0.3) is 0 Å². The second-order valence-electron chi connectivity index (χ2n) is 6.53. The topological polar surface area (TPSA) is 104 Å². The first-order valence-electron chi connectivity index (χ1n) is 8.47. The van der Waals surface area contributed by atoms with Gasteiger partial charge in [0.2, 0.25) is 11.6 Å². The maximum atomic E-state index is 12.4. The maximum Gasteiger partial charge on any atom is 0.227 e. The van der Waals surface area contributed by atoms with Crippen molar-refractivity contribution in [3.63, 3.8) is 0 Å². The summed E-state index contributed by atoms with van der Waals surface area (Å²) in [5.74, 6) is -1.05. The maximum absolute atomic E-state index is 12.4. The van der Waals surface area contributed by atoms with Crippen LogP contribution in [0.5, 0.6) is 17.2 Å². The Kier molecular flexibility index (Phi) is 3.75. The molecule has 3 N–H and O–H groups in total. The number of hydrogen-bond donors (Lipinski definition) is 3. The minimum atomic E-state index is -0.475. The Morgan fingerprint density at radius 2 is 1.23 bits per heavy atom. The van der Waals surface area contributed by atoms with Crippen molar-refractivity contribution >= 4 is 11.6 Å². The van der Waals surface area contributed by atoms with Gasteiger partial charge in [0.15, 0.2) is 17.2 Å². The Bertz CT molecular complexity index is 828. The van der Waals surface area contributed by atoms with E-state index in [1.807, 2.05) is 14.7 Å². The summed E-state index contributed by atoms with van der Waals surface area (Å²) in [6.45, 7) is 5.41. The normalized spacial score (nSPS) is 20.6. The van der Waals surface area contributed by atoms with Crippen LogP contribution in [0.4, 0.5) is 0 Å². The number of para-hydroxylation sites is 1. The Hall–Kier alpha value is -3.16. The van der Waals surface area contributed by atoms with Gasteiger partial charge in [-0.25, -0.2) is 0 Å².